The number of hydrogen-bond acceptors (Lipinski definition) is 7. The lowest BCUT2D eigenvalue weighted by Gasteiger charge is -2.13. The van der Waals surface area contributed by atoms with E-state index in [9.17, 15) is 14.0 Å². The molecule has 0 aliphatic heterocycles. The van der Waals surface area contributed by atoms with E-state index in [1.54, 1.807) is 60.7 Å². The summed E-state index contributed by atoms with van der Waals surface area (Å²) in [5.41, 5.74) is 1.52. The first-order chi connectivity index (χ1) is 21.3. The lowest BCUT2D eigenvalue weighted by atomic mass is 10.2. The Hall–Kier alpha value is -5.19. The van der Waals surface area contributed by atoms with Gasteiger partial charge in [-0.05, 0) is 78.4 Å². The van der Waals surface area contributed by atoms with Gasteiger partial charge in [-0.1, -0.05) is 35.3 Å². The highest BCUT2D eigenvalue weighted by Gasteiger charge is 2.18. The molecule has 0 saturated carbocycles. The Morgan fingerprint density at radius 2 is 1.86 bits per heavy atom. The zero-order valence-corrected chi connectivity index (χ0v) is 24.4. The SMILES string of the molecule is COc1cc(C=Nn2c(-c3cc4cc(Cl)ccc4o3)nc3ccccc3c2=O)cc(Cl)c1OCC(=O)Nc1ccc(F)cc1. The minimum atomic E-state index is -0.482. The van der Waals surface area contributed by atoms with Crippen molar-refractivity contribution in [3.8, 4) is 23.1 Å². The highest BCUT2D eigenvalue weighted by Crippen LogP contribution is 2.36. The quantitative estimate of drug-likeness (QED) is 0.179. The number of benzene rings is 4. The standard InChI is InChI=1S/C32H21Cl2FN4O5/c1-42-27-13-18(12-24(34)30(27)43-17-29(40)37-22-9-7-21(35)8-10-22)16-36-39-31(38-25-5-3-2-4-23(25)32(39)41)28-15-19-14-20(33)6-11-26(19)44-28/h2-16H,17H2,1H3,(H,37,40). The summed E-state index contributed by atoms with van der Waals surface area (Å²) in [6, 6.07) is 22.3. The van der Waals surface area contributed by atoms with Crippen LogP contribution >= 0.6 is 23.2 Å². The van der Waals surface area contributed by atoms with Crippen LogP contribution in [0.4, 0.5) is 10.1 Å². The highest BCUT2D eigenvalue weighted by atomic mass is 35.5. The van der Waals surface area contributed by atoms with Gasteiger partial charge in [0.2, 0.25) is 5.82 Å². The van der Waals surface area contributed by atoms with Gasteiger partial charge in [-0.25, -0.2) is 9.37 Å². The molecule has 0 aliphatic carbocycles. The maximum absolute atomic E-state index is 13.6. The molecular formula is C32H21Cl2FN4O5. The lowest BCUT2D eigenvalue weighted by molar-refractivity contribution is -0.118. The van der Waals surface area contributed by atoms with Crippen LogP contribution in [0.5, 0.6) is 11.5 Å². The lowest BCUT2D eigenvalue weighted by Crippen LogP contribution is -2.20. The van der Waals surface area contributed by atoms with E-state index in [0.29, 0.717) is 38.5 Å². The Morgan fingerprint density at radius 1 is 1.07 bits per heavy atom. The summed E-state index contributed by atoms with van der Waals surface area (Å²) in [6.07, 6.45) is 1.42. The summed E-state index contributed by atoms with van der Waals surface area (Å²) in [7, 11) is 1.42. The van der Waals surface area contributed by atoms with Gasteiger partial charge in [0.25, 0.3) is 11.5 Å². The molecule has 0 aliphatic rings. The fraction of sp³-hybridized carbons (Fsp3) is 0.0625. The van der Waals surface area contributed by atoms with Gasteiger partial charge in [-0.15, -0.1) is 0 Å². The number of hydrogen-bond donors (Lipinski definition) is 1. The number of carbonyl (C=O) groups excluding carboxylic acids is 1. The van der Waals surface area contributed by atoms with Crippen LogP contribution in [-0.2, 0) is 4.79 Å². The van der Waals surface area contributed by atoms with Gasteiger partial charge in [-0.2, -0.15) is 9.78 Å². The molecule has 0 radical (unpaired) electrons. The average molecular weight is 631 g/mol. The Kier molecular flexibility index (Phi) is 8.01. The third-order valence-corrected chi connectivity index (χ3v) is 7.02. The largest absolute Gasteiger partial charge is 0.493 e. The summed E-state index contributed by atoms with van der Waals surface area (Å²) in [5.74, 6) is -0.0390. The van der Waals surface area contributed by atoms with Crippen molar-refractivity contribution in [3.05, 3.63) is 117 Å². The van der Waals surface area contributed by atoms with E-state index in [1.165, 1.54) is 37.6 Å². The van der Waals surface area contributed by atoms with E-state index in [1.807, 2.05) is 0 Å². The topological polar surface area (TPSA) is 108 Å². The Morgan fingerprint density at radius 3 is 2.66 bits per heavy atom. The molecule has 9 nitrogen and oxygen atoms in total. The predicted molar refractivity (Wildman–Crippen MR) is 168 cm³/mol. The van der Waals surface area contributed by atoms with Crippen LogP contribution in [0.1, 0.15) is 5.56 Å². The van der Waals surface area contributed by atoms with Crippen molar-refractivity contribution in [3.63, 3.8) is 0 Å². The number of ether oxygens (including phenoxy) is 2. The number of anilines is 1. The molecule has 12 heteroatoms. The van der Waals surface area contributed by atoms with Crippen molar-refractivity contribution in [1.82, 2.24) is 9.66 Å². The molecule has 6 rings (SSSR count). The first kappa shape index (κ1) is 28.9. The van der Waals surface area contributed by atoms with Crippen molar-refractivity contribution >= 4 is 62.9 Å². The maximum Gasteiger partial charge on any atom is 0.282 e. The second-order valence-electron chi connectivity index (χ2n) is 9.48. The molecule has 0 spiro atoms. The number of methoxy groups -OCH3 is 1. The van der Waals surface area contributed by atoms with Crippen LogP contribution in [0.3, 0.4) is 0 Å². The third kappa shape index (κ3) is 5.98. The van der Waals surface area contributed by atoms with Gasteiger partial charge < -0.3 is 19.2 Å². The number of carbonyl (C=O) groups is 1. The molecule has 0 atom stereocenters. The van der Waals surface area contributed by atoms with Crippen LogP contribution in [0.25, 0.3) is 33.5 Å². The minimum absolute atomic E-state index is 0.131. The Labute approximate surface area is 259 Å². The zero-order chi connectivity index (χ0) is 30.8. The summed E-state index contributed by atoms with van der Waals surface area (Å²) in [5, 5.41) is 8.84. The number of nitrogens with zero attached hydrogens (tertiary/aromatic N) is 3. The maximum atomic E-state index is 13.6. The second-order valence-corrected chi connectivity index (χ2v) is 10.3. The van der Waals surface area contributed by atoms with E-state index >= 15 is 0 Å². The smallest absolute Gasteiger partial charge is 0.282 e. The molecule has 1 amide bonds. The summed E-state index contributed by atoms with van der Waals surface area (Å²) >= 11 is 12.7. The molecule has 2 heterocycles. The van der Waals surface area contributed by atoms with Crippen molar-refractivity contribution < 1.29 is 23.1 Å². The zero-order valence-electron chi connectivity index (χ0n) is 22.9. The van der Waals surface area contributed by atoms with Crippen molar-refractivity contribution in [2.45, 2.75) is 0 Å². The molecule has 2 aromatic heterocycles. The first-order valence-electron chi connectivity index (χ1n) is 13.1. The average Bonchev–Trinajstić information content (AvgIpc) is 3.44. The molecule has 0 unspecified atom stereocenters. The summed E-state index contributed by atoms with van der Waals surface area (Å²) in [4.78, 5) is 30.6. The van der Waals surface area contributed by atoms with Gasteiger partial charge in [-0.3, -0.25) is 9.59 Å². The number of furan rings is 1. The molecular weight excluding hydrogens is 610 g/mol. The second kappa shape index (κ2) is 12.2. The molecule has 0 bridgehead atoms. The van der Waals surface area contributed by atoms with Gasteiger partial charge in [0.1, 0.15) is 11.4 Å². The molecule has 1 N–H and O–H groups in total. The summed E-state index contributed by atoms with van der Waals surface area (Å²) < 4.78 is 31.4. The van der Waals surface area contributed by atoms with Crippen LogP contribution in [0.15, 0.2) is 99.2 Å². The Bertz CT molecular complexity index is 2130. The van der Waals surface area contributed by atoms with Crippen LogP contribution in [-0.4, -0.2) is 35.5 Å². The molecule has 4 aromatic carbocycles. The van der Waals surface area contributed by atoms with E-state index in [4.69, 9.17) is 37.1 Å². The number of halogens is 3. The fourth-order valence-corrected chi connectivity index (χ4v) is 4.92. The van der Waals surface area contributed by atoms with Crippen molar-refractivity contribution in [2.24, 2.45) is 5.10 Å². The van der Waals surface area contributed by atoms with E-state index in [0.717, 1.165) is 10.1 Å². The monoisotopic (exact) mass is 630 g/mol. The van der Waals surface area contributed by atoms with Gasteiger partial charge in [0.15, 0.2) is 23.9 Å². The first-order valence-corrected chi connectivity index (χ1v) is 13.9. The number of nitrogens with one attached hydrogen (secondary N) is 1. The van der Waals surface area contributed by atoms with E-state index in [-0.39, 0.29) is 29.0 Å². The fourth-order valence-electron chi connectivity index (χ4n) is 4.46. The molecule has 0 saturated heterocycles. The normalized spacial score (nSPS) is 11.4. The molecule has 220 valence electrons. The van der Waals surface area contributed by atoms with Gasteiger partial charge in [0.05, 0.1) is 29.2 Å². The van der Waals surface area contributed by atoms with E-state index < -0.39 is 17.3 Å². The number of rotatable bonds is 8. The number of para-hydroxylation sites is 1. The number of aromatic nitrogens is 2. The minimum Gasteiger partial charge on any atom is -0.493 e. The van der Waals surface area contributed by atoms with Crippen LogP contribution < -0.4 is 20.3 Å². The van der Waals surface area contributed by atoms with E-state index in [2.05, 4.69) is 15.4 Å². The van der Waals surface area contributed by atoms with Gasteiger partial charge >= 0.3 is 0 Å². The Balaban J connectivity index is 1.31. The molecule has 44 heavy (non-hydrogen) atoms. The number of amides is 1. The molecule has 6 aromatic rings. The van der Waals surface area contributed by atoms with Crippen LogP contribution in [0, 0.1) is 5.82 Å². The molecule has 0 fully saturated rings. The van der Waals surface area contributed by atoms with Crippen LogP contribution in [0.2, 0.25) is 10.0 Å². The predicted octanol–water partition coefficient (Wildman–Crippen LogP) is 7.16. The van der Waals surface area contributed by atoms with Gasteiger partial charge in [0, 0.05) is 16.1 Å². The summed E-state index contributed by atoms with van der Waals surface area (Å²) in [6.45, 7) is -0.384. The number of fused-ring (bicyclic) bond motifs is 2. The van der Waals surface area contributed by atoms with Crippen molar-refractivity contribution in [1.29, 1.82) is 0 Å². The third-order valence-electron chi connectivity index (χ3n) is 6.50. The highest BCUT2D eigenvalue weighted by molar-refractivity contribution is 6.32. The van der Waals surface area contributed by atoms with Crippen molar-refractivity contribution in [2.75, 3.05) is 19.0 Å².